The van der Waals surface area contributed by atoms with Gasteiger partial charge in [-0.05, 0) is 40.9 Å². The van der Waals surface area contributed by atoms with Gasteiger partial charge in [-0.25, -0.2) is 4.98 Å². The van der Waals surface area contributed by atoms with Crippen LogP contribution >= 0.6 is 15.9 Å². The van der Waals surface area contributed by atoms with Gasteiger partial charge in [0, 0.05) is 6.20 Å². The molecule has 4 rings (SSSR count). The lowest BCUT2D eigenvalue weighted by atomic mass is 9.96. The largest absolute Gasteiger partial charge is 0.343 e. The SMILES string of the molecule is O=C(NC1(c2ncon2)CCCC1)c1cnc2c(Br)cccn12. The Kier molecular flexibility index (Phi) is 3.41. The highest BCUT2D eigenvalue weighted by molar-refractivity contribution is 9.10. The van der Waals surface area contributed by atoms with Crippen molar-refractivity contribution < 1.29 is 9.32 Å². The lowest BCUT2D eigenvalue weighted by Crippen LogP contribution is -2.45. The average molecular weight is 376 g/mol. The molecule has 8 heteroatoms. The van der Waals surface area contributed by atoms with E-state index in [1.54, 1.807) is 10.6 Å². The zero-order valence-electron chi connectivity index (χ0n) is 12.2. The number of hydrogen-bond donors (Lipinski definition) is 1. The van der Waals surface area contributed by atoms with Gasteiger partial charge >= 0.3 is 0 Å². The number of aromatic nitrogens is 4. The average Bonchev–Trinajstić information content (AvgIpc) is 3.28. The third kappa shape index (κ3) is 2.33. The molecule has 1 N–H and O–H groups in total. The van der Waals surface area contributed by atoms with Crippen molar-refractivity contribution in [2.24, 2.45) is 0 Å². The Morgan fingerprint density at radius 3 is 2.91 bits per heavy atom. The van der Waals surface area contributed by atoms with Crippen molar-refractivity contribution in [2.45, 2.75) is 31.2 Å². The third-order valence-electron chi connectivity index (χ3n) is 4.32. The summed E-state index contributed by atoms with van der Waals surface area (Å²) >= 11 is 3.44. The zero-order valence-corrected chi connectivity index (χ0v) is 13.8. The van der Waals surface area contributed by atoms with Crippen molar-refractivity contribution in [3.05, 3.63) is 46.9 Å². The second-order valence-corrected chi connectivity index (χ2v) is 6.55. The molecule has 0 radical (unpaired) electrons. The zero-order chi connectivity index (χ0) is 15.9. The Balaban J connectivity index is 1.70. The van der Waals surface area contributed by atoms with Gasteiger partial charge in [0.25, 0.3) is 5.91 Å². The molecule has 0 aliphatic heterocycles. The van der Waals surface area contributed by atoms with Gasteiger partial charge in [-0.2, -0.15) is 4.98 Å². The molecule has 0 spiro atoms. The molecule has 1 aliphatic rings. The molecule has 1 aliphatic carbocycles. The van der Waals surface area contributed by atoms with E-state index >= 15 is 0 Å². The number of hydrogen-bond acceptors (Lipinski definition) is 5. The van der Waals surface area contributed by atoms with Crippen molar-refractivity contribution >= 4 is 27.5 Å². The van der Waals surface area contributed by atoms with Crippen molar-refractivity contribution in [1.29, 1.82) is 0 Å². The number of imidazole rings is 1. The number of pyridine rings is 1. The maximum Gasteiger partial charge on any atom is 0.270 e. The summed E-state index contributed by atoms with van der Waals surface area (Å²) < 4.78 is 7.48. The van der Waals surface area contributed by atoms with Crippen LogP contribution in [0.3, 0.4) is 0 Å². The van der Waals surface area contributed by atoms with Gasteiger partial charge in [0.05, 0.1) is 10.7 Å². The molecule has 3 heterocycles. The van der Waals surface area contributed by atoms with Crippen LogP contribution in [-0.2, 0) is 5.54 Å². The lowest BCUT2D eigenvalue weighted by molar-refractivity contribution is 0.0885. The van der Waals surface area contributed by atoms with E-state index < -0.39 is 5.54 Å². The van der Waals surface area contributed by atoms with Crippen LogP contribution in [0.1, 0.15) is 42.0 Å². The minimum absolute atomic E-state index is 0.192. The Morgan fingerprint density at radius 2 is 2.17 bits per heavy atom. The summed E-state index contributed by atoms with van der Waals surface area (Å²) in [7, 11) is 0. The lowest BCUT2D eigenvalue weighted by Gasteiger charge is -2.26. The molecule has 7 nitrogen and oxygen atoms in total. The Labute approximate surface area is 140 Å². The predicted molar refractivity (Wildman–Crippen MR) is 84.8 cm³/mol. The van der Waals surface area contributed by atoms with E-state index in [2.05, 4.69) is 36.4 Å². The van der Waals surface area contributed by atoms with Crippen LogP contribution in [0.4, 0.5) is 0 Å². The monoisotopic (exact) mass is 375 g/mol. The van der Waals surface area contributed by atoms with Crippen LogP contribution < -0.4 is 5.32 Å². The number of rotatable bonds is 3. The quantitative estimate of drug-likeness (QED) is 0.760. The Hall–Kier alpha value is -2.22. The van der Waals surface area contributed by atoms with Gasteiger partial charge in [0.15, 0.2) is 11.5 Å². The smallest absolute Gasteiger partial charge is 0.270 e. The highest BCUT2D eigenvalue weighted by atomic mass is 79.9. The van der Waals surface area contributed by atoms with Gasteiger partial charge in [-0.1, -0.05) is 18.0 Å². The first-order valence-electron chi connectivity index (χ1n) is 7.41. The summed E-state index contributed by atoms with van der Waals surface area (Å²) in [6, 6.07) is 3.75. The topological polar surface area (TPSA) is 85.3 Å². The van der Waals surface area contributed by atoms with Crippen LogP contribution in [0.25, 0.3) is 5.65 Å². The molecule has 0 saturated heterocycles. The van der Waals surface area contributed by atoms with Gasteiger partial charge < -0.3 is 9.84 Å². The van der Waals surface area contributed by atoms with Crippen LogP contribution in [0.15, 0.2) is 39.9 Å². The molecule has 118 valence electrons. The second-order valence-electron chi connectivity index (χ2n) is 5.69. The van der Waals surface area contributed by atoms with Crippen LogP contribution in [-0.4, -0.2) is 25.4 Å². The van der Waals surface area contributed by atoms with Crippen LogP contribution in [0, 0.1) is 0 Å². The first-order valence-corrected chi connectivity index (χ1v) is 8.20. The molecule has 1 fully saturated rings. The summed E-state index contributed by atoms with van der Waals surface area (Å²) in [5, 5.41) is 7.06. The minimum Gasteiger partial charge on any atom is -0.343 e. The molecule has 3 aromatic heterocycles. The fourth-order valence-electron chi connectivity index (χ4n) is 3.19. The second kappa shape index (κ2) is 5.45. The van der Waals surface area contributed by atoms with Crippen LogP contribution in [0.2, 0.25) is 0 Å². The van der Waals surface area contributed by atoms with Crippen molar-refractivity contribution in [3.8, 4) is 0 Å². The minimum atomic E-state index is -0.555. The third-order valence-corrected chi connectivity index (χ3v) is 4.94. The number of nitrogens with zero attached hydrogens (tertiary/aromatic N) is 4. The molecule has 0 atom stereocenters. The standard InChI is InChI=1S/C15H14BrN5O2/c16-10-4-3-7-21-11(8-17-12(10)21)13(22)19-15(5-1-2-6-15)14-18-9-23-20-14/h3-4,7-9H,1-2,5-6H2,(H,19,22). The number of nitrogens with one attached hydrogen (secondary N) is 1. The highest BCUT2D eigenvalue weighted by Crippen LogP contribution is 2.37. The first kappa shape index (κ1) is 14.4. The number of carbonyl (C=O) groups excluding carboxylic acids is 1. The molecule has 3 aromatic rings. The van der Waals surface area contributed by atoms with Gasteiger partial charge in [-0.3, -0.25) is 9.20 Å². The maximum absolute atomic E-state index is 12.8. The Bertz CT molecular complexity index is 852. The van der Waals surface area contributed by atoms with E-state index in [1.165, 1.54) is 6.39 Å². The summed E-state index contributed by atoms with van der Waals surface area (Å²) in [6.45, 7) is 0. The van der Waals surface area contributed by atoms with E-state index in [0.29, 0.717) is 17.2 Å². The summed E-state index contributed by atoms with van der Waals surface area (Å²) in [5.74, 6) is 0.348. The summed E-state index contributed by atoms with van der Waals surface area (Å²) in [6.07, 6.45) is 8.34. The summed E-state index contributed by atoms with van der Waals surface area (Å²) in [5.41, 5.74) is 0.633. The van der Waals surface area contributed by atoms with Crippen molar-refractivity contribution in [3.63, 3.8) is 0 Å². The molecular weight excluding hydrogens is 362 g/mol. The summed E-state index contributed by atoms with van der Waals surface area (Å²) in [4.78, 5) is 21.3. The molecule has 0 unspecified atom stereocenters. The number of carbonyl (C=O) groups is 1. The molecule has 1 amide bonds. The maximum atomic E-state index is 12.8. The Morgan fingerprint density at radius 1 is 1.35 bits per heavy atom. The van der Waals surface area contributed by atoms with E-state index in [4.69, 9.17) is 4.52 Å². The van der Waals surface area contributed by atoms with E-state index in [0.717, 1.165) is 30.2 Å². The molecular formula is C15H14BrN5O2. The van der Waals surface area contributed by atoms with Crippen molar-refractivity contribution in [1.82, 2.24) is 24.8 Å². The molecule has 1 saturated carbocycles. The van der Waals surface area contributed by atoms with Crippen LogP contribution in [0.5, 0.6) is 0 Å². The van der Waals surface area contributed by atoms with Crippen molar-refractivity contribution in [2.75, 3.05) is 0 Å². The number of fused-ring (bicyclic) bond motifs is 1. The first-order chi connectivity index (χ1) is 11.2. The van der Waals surface area contributed by atoms with E-state index in [-0.39, 0.29) is 5.91 Å². The van der Waals surface area contributed by atoms with E-state index in [9.17, 15) is 4.79 Å². The number of halogens is 1. The fourth-order valence-corrected chi connectivity index (χ4v) is 3.64. The molecule has 0 aromatic carbocycles. The predicted octanol–water partition coefficient (Wildman–Crippen LogP) is 2.68. The van der Waals surface area contributed by atoms with Gasteiger partial charge in [0.1, 0.15) is 11.2 Å². The molecule has 23 heavy (non-hydrogen) atoms. The highest BCUT2D eigenvalue weighted by Gasteiger charge is 2.41. The van der Waals surface area contributed by atoms with Gasteiger partial charge in [0.2, 0.25) is 6.39 Å². The molecule has 0 bridgehead atoms. The normalized spacial score (nSPS) is 16.7. The number of amides is 1. The van der Waals surface area contributed by atoms with E-state index in [1.807, 2.05) is 18.3 Å². The fraction of sp³-hybridized carbons (Fsp3) is 0.333. The van der Waals surface area contributed by atoms with Gasteiger partial charge in [-0.15, -0.1) is 0 Å².